The quantitative estimate of drug-likeness (QED) is 0.389. The van der Waals surface area contributed by atoms with Crippen LogP contribution in [-0.2, 0) is 9.59 Å². The van der Waals surface area contributed by atoms with Crippen molar-refractivity contribution in [2.24, 2.45) is 5.10 Å². The van der Waals surface area contributed by atoms with Gasteiger partial charge in [-0.3, -0.25) is 9.59 Å². The summed E-state index contributed by atoms with van der Waals surface area (Å²) in [5, 5.41) is 24.4. The number of hydrogen-bond donors (Lipinski definition) is 4. The van der Waals surface area contributed by atoms with Crippen LogP contribution in [0.2, 0.25) is 0 Å². The second-order valence-corrected chi connectivity index (χ2v) is 4.40. The Bertz CT molecular complexity index is 760. The second-order valence-electron chi connectivity index (χ2n) is 4.40. The van der Waals surface area contributed by atoms with Crippen molar-refractivity contribution in [1.82, 2.24) is 5.43 Å². The van der Waals surface area contributed by atoms with E-state index in [0.717, 1.165) is 24.4 Å². The molecule has 0 aliphatic carbocycles. The molecule has 2 amide bonds. The van der Waals surface area contributed by atoms with E-state index in [9.17, 15) is 19.1 Å². The van der Waals surface area contributed by atoms with E-state index in [-0.39, 0.29) is 22.7 Å². The zero-order chi connectivity index (χ0) is 16.8. The summed E-state index contributed by atoms with van der Waals surface area (Å²) in [7, 11) is 0. The summed E-state index contributed by atoms with van der Waals surface area (Å²) in [4.78, 5) is 23.1. The number of benzene rings is 2. The molecule has 0 unspecified atom stereocenters. The molecule has 0 heterocycles. The van der Waals surface area contributed by atoms with Gasteiger partial charge in [0, 0.05) is 17.3 Å². The molecule has 2 rings (SSSR count). The molecule has 0 aromatic heterocycles. The maximum atomic E-state index is 12.7. The lowest BCUT2D eigenvalue weighted by Crippen LogP contribution is -2.32. The van der Waals surface area contributed by atoms with Crippen LogP contribution in [-0.4, -0.2) is 28.2 Å². The lowest BCUT2D eigenvalue weighted by molar-refractivity contribution is -0.136. The lowest BCUT2D eigenvalue weighted by atomic mass is 10.2. The van der Waals surface area contributed by atoms with Crippen LogP contribution in [0.4, 0.5) is 10.1 Å². The Morgan fingerprint density at radius 1 is 1.04 bits per heavy atom. The Kier molecular flexibility index (Phi) is 4.88. The maximum Gasteiger partial charge on any atom is 0.329 e. The number of amides is 2. The van der Waals surface area contributed by atoms with E-state index in [4.69, 9.17) is 5.11 Å². The third kappa shape index (κ3) is 4.53. The number of phenols is 2. The SMILES string of the molecule is O=C(N/N=C/c1ccc(O)cc1O)C(=O)Nc1ccc(F)cc1. The number of nitrogens with one attached hydrogen (secondary N) is 2. The first-order valence-corrected chi connectivity index (χ1v) is 6.37. The van der Waals surface area contributed by atoms with Gasteiger partial charge in [0.1, 0.15) is 17.3 Å². The molecule has 0 aliphatic rings. The molecule has 0 bridgehead atoms. The van der Waals surface area contributed by atoms with Crippen LogP contribution in [0.1, 0.15) is 5.56 Å². The molecule has 2 aromatic carbocycles. The van der Waals surface area contributed by atoms with Crippen molar-refractivity contribution in [2.75, 3.05) is 5.32 Å². The van der Waals surface area contributed by atoms with Crippen LogP contribution in [0.15, 0.2) is 47.6 Å². The van der Waals surface area contributed by atoms with Crippen LogP contribution < -0.4 is 10.7 Å². The van der Waals surface area contributed by atoms with Crippen LogP contribution in [0.5, 0.6) is 11.5 Å². The fourth-order valence-electron chi connectivity index (χ4n) is 1.57. The van der Waals surface area contributed by atoms with E-state index in [1.165, 1.54) is 24.3 Å². The Morgan fingerprint density at radius 2 is 1.74 bits per heavy atom. The molecule has 0 saturated heterocycles. The summed E-state index contributed by atoms with van der Waals surface area (Å²) < 4.78 is 12.7. The second kappa shape index (κ2) is 7.03. The fourth-order valence-corrected chi connectivity index (χ4v) is 1.57. The largest absolute Gasteiger partial charge is 0.508 e. The van der Waals surface area contributed by atoms with Gasteiger partial charge in [-0.15, -0.1) is 0 Å². The fraction of sp³-hybridized carbons (Fsp3) is 0. The van der Waals surface area contributed by atoms with Gasteiger partial charge in [0.15, 0.2) is 0 Å². The van der Waals surface area contributed by atoms with Crippen LogP contribution >= 0.6 is 0 Å². The number of hydrazone groups is 1. The first-order valence-electron chi connectivity index (χ1n) is 6.37. The molecule has 0 spiro atoms. The molecule has 0 saturated carbocycles. The standard InChI is InChI=1S/C15H12FN3O4/c16-10-2-4-11(5-3-10)18-14(22)15(23)19-17-8-9-1-6-12(20)7-13(9)21/h1-8,20-21H,(H,18,22)(H,19,23)/b17-8+. The minimum atomic E-state index is -1.04. The van der Waals surface area contributed by atoms with Gasteiger partial charge in [0.2, 0.25) is 0 Å². The zero-order valence-electron chi connectivity index (χ0n) is 11.7. The number of nitrogens with zero attached hydrogens (tertiary/aromatic N) is 1. The number of phenolic OH excluding ortho intramolecular Hbond substituents is 2. The van der Waals surface area contributed by atoms with Gasteiger partial charge >= 0.3 is 11.8 Å². The molecule has 23 heavy (non-hydrogen) atoms. The van der Waals surface area contributed by atoms with Gasteiger partial charge in [-0.05, 0) is 36.4 Å². The van der Waals surface area contributed by atoms with Gasteiger partial charge in [0.05, 0.1) is 6.21 Å². The van der Waals surface area contributed by atoms with E-state index in [1.807, 2.05) is 5.43 Å². The highest BCUT2D eigenvalue weighted by Gasteiger charge is 2.12. The summed E-state index contributed by atoms with van der Waals surface area (Å²) in [6.45, 7) is 0. The predicted molar refractivity (Wildman–Crippen MR) is 80.5 cm³/mol. The molecule has 2 aromatic rings. The van der Waals surface area contributed by atoms with Crippen LogP contribution in [0, 0.1) is 5.82 Å². The van der Waals surface area contributed by atoms with Crippen molar-refractivity contribution in [2.45, 2.75) is 0 Å². The number of halogens is 1. The van der Waals surface area contributed by atoms with Gasteiger partial charge in [-0.2, -0.15) is 5.10 Å². The highest BCUT2D eigenvalue weighted by molar-refractivity contribution is 6.39. The van der Waals surface area contributed by atoms with Crippen molar-refractivity contribution in [3.63, 3.8) is 0 Å². The number of carbonyl (C=O) groups excluding carboxylic acids is 2. The molecule has 0 atom stereocenters. The molecule has 7 nitrogen and oxygen atoms in total. The normalized spacial score (nSPS) is 10.5. The predicted octanol–water partition coefficient (Wildman–Crippen LogP) is 1.33. The molecule has 0 fully saturated rings. The summed E-state index contributed by atoms with van der Waals surface area (Å²) in [6.07, 6.45) is 1.11. The summed E-state index contributed by atoms with van der Waals surface area (Å²) in [6, 6.07) is 8.68. The average Bonchev–Trinajstić information content (AvgIpc) is 2.51. The molecule has 8 heteroatoms. The summed E-state index contributed by atoms with van der Waals surface area (Å²) in [5.41, 5.74) is 2.47. The van der Waals surface area contributed by atoms with Crippen molar-refractivity contribution in [1.29, 1.82) is 0 Å². The van der Waals surface area contributed by atoms with Gasteiger partial charge in [-0.1, -0.05) is 0 Å². The lowest BCUT2D eigenvalue weighted by Gasteiger charge is -2.03. The minimum absolute atomic E-state index is 0.123. The number of aromatic hydroxyl groups is 2. The van der Waals surface area contributed by atoms with Crippen molar-refractivity contribution in [3.05, 3.63) is 53.8 Å². The Hall–Kier alpha value is -3.42. The summed E-state index contributed by atoms with van der Waals surface area (Å²) >= 11 is 0. The minimum Gasteiger partial charge on any atom is -0.508 e. The van der Waals surface area contributed by atoms with E-state index >= 15 is 0 Å². The zero-order valence-corrected chi connectivity index (χ0v) is 11.7. The van der Waals surface area contributed by atoms with Crippen LogP contribution in [0.3, 0.4) is 0 Å². The number of rotatable bonds is 3. The van der Waals surface area contributed by atoms with E-state index in [1.54, 1.807) is 0 Å². The molecular formula is C15H12FN3O4. The van der Waals surface area contributed by atoms with Crippen LogP contribution in [0.25, 0.3) is 0 Å². The van der Waals surface area contributed by atoms with Crippen molar-refractivity contribution < 1.29 is 24.2 Å². The third-order valence-corrected chi connectivity index (χ3v) is 2.69. The van der Waals surface area contributed by atoms with Crippen molar-refractivity contribution >= 4 is 23.7 Å². The topological polar surface area (TPSA) is 111 Å². The number of hydrogen-bond acceptors (Lipinski definition) is 5. The van der Waals surface area contributed by atoms with E-state index < -0.39 is 17.6 Å². The van der Waals surface area contributed by atoms with E-state index in [2.05, 4.69) is 10.4 Å². The highest BCUT2D eigenvalue weighted by Crippen LogP contribution is 2.20. The number of carbonyl (C=O) groups is 2. The van der Waals surface area contributed by atoms with Gasteiger partial charge in [0.25, 0.3) is 0 Å². The highest BCUT2D eigenvalue weighted by atomic mass is 19.1. The smallest absolute Gasteiger partial charge is 0.329 e. The van der Waals surface area contributed by atoms with Gasteiger partial charge < -0.3 is 15.5 Å². The Morgan fingerprint density at radius 3 is 2.39 bits per heavy atom. The van der Waals surface area contributed by atoms with E-state index in [0.29, 0.717) is 0 Å². The molecule has 4 N–H and O–H groups in total. The Balaban J connectivity index is 1.92. The average molecular weight is 317 g/mol. The maximum absolute atomic E-state index is 12.7. The molecule has 0 aliphatic heterocycles. The first-order chi connectivity index (χ1) is 11.0. The van der Waals surface area contributed by atoms with Gasteiger partial charge in [-0.25, -0.2) is 9.82 Å². The monoisotopic (exact) mass is 317 g/mol. The van der Waals surface area contributed by atoms with Crippen molar-refractivity contribution in [3.8, 4) is 11.5 Å². The molecular weight excluding hydrogens is 305 g/mol. The third-order valence-electron chi connectivity index (χ3n) is 2.69. The first kappa shape index (κ1) is 16.0. The summed E-state index contributed by atoms with van der Waals surface area (Å²) in [5.74, 6) is -2.85. The molecule has 0 radical (unpaired) electrons. The Labute approximate surface area is 130 Å². The molecule has 118 valence electrons. The number of anilines is 1.